The third kappa shape index (κ3) is 3.00. The first kappa shape index (κ1) is 16.8. The molecule has 2 aromatic rings. The molecule has 1 saturated heterocycles. The second-order valence-corrected chi connectivity index (χ2v) is 8.17. The number of anilines is 2. The van der Waals surface area contributed by atoms with Gasteiger partial charge in [-0.3, -0.25) is 9.88 Å². The Bertz CT molecular complexity index is 840. The quantitative estimate of drug-likeness (QED) is 0.856. The normalized spacial score (nSPS) is 18.7. The number of carbonyl (C=O) groups is 1. The topological polar surface area (TPSA) is 61.4 Å². The van der Waals surface area contributed by atoms with Gasteiger partial charge in [0, 0.05) is 36.1 Å². The molecule has 2 aliphatic heterocycles. The van der Waals surface area contributed by atoms with Gasteiger partial charge < -0.3 is 10.2 Å². The zero-order valence-corrected chi connectivity index (χ0v) is 15.8. The molecule has 1 N–H and O–H groups in total. The Morgan fingerprint density at radius 3 is 2.73 bits per heavy atom. The summed E-state index contributed by atoms with van der Waals surface area (Å²) in [5.74, 6) is 0.749. The lowest BCUT2D eigenvalue weighted by atomic mass is 10.1. The summed E-state index contributed by atoms with van der Waals surface area (Å²) in [7, 11) is 0. The molecule has 2 amide bonds. The van der Waals surface area contributed by atoms with E-state index in [-0.39, 0.29) is 17.6 Å². The summed E-state index contributed by atoms with van der Waals surface area (Å²) in [6.07, 6.45) is 2.80. The van der Waals surface area contributed by atoms with Gasteiger partial charge in [-0.25, -0.2) is 9.78 Å². The highest BCUT2D eigenvalue weighted by atomic mass is 16.2. The zero-order chi connectivity index (χ0) is 18.5. The summed E-state index contributed by atoms with van der Waals surface area (Å²) < 4.78 is 0. The average Bonchev–Trinajstić information content (AvgIpc) is 2.98. The lowest BCUT2D eigenvalue weighted by molar-refractivity contribution is 0.235. The van der Waals surface area contributed by atoms with Gasteiger partial charge in [0.1, 0.15) is 0 Å². The third-order valence-corrected chi connectivity index (χ3v) is 4.86. The van der Waals surface area contributed by atoms with Crippen LogP contribution in [0.15, 0.2) is 30.5 Å². The SMILES string of the molecule is Cc1ccc(-c2ccc3c(n2)N(C(=O)NC(C)(C)C)C2CCN3C2)cn1. The molecular weight excluding hydrogens is 326 g/mol. The summed E-state index contributed by atoms with van der Waals surface area (Å²) in [6, 6.07) is 8.20. The smallest absolute Gasteiger partial charge is 0.323 e. The van der Waals surface area contributed by atoms with E-state index in [2.05, 4.69) is 21.3 Å². The largest absolute Gasteiger partial charge is 0.366 e. The maximum atomic E-state index is 13.0. The number of aryl methyl sites for hydroxylation is 1. The van der Waals surface area contributed by atoms with Gasteiger partial charge in [0.05, 0.1) is 17.4 Å². The van der Waals surface area contributed by atoms with Crippen LogP contribution in [0.4, 0.5) is 16.3 Å². The Morgan fingerprint density at radius 1 is 1.23 bits per heavy atom. The fourth-order valence-electron chi connectivity index (χ4n) is 3.63. The molecule has 4 rings (SSSR count). The van der Waals surface area contributed by atoms with E-state index in [9.17, 15) is 4.79 Å². The number of nitrogens with one attached hydrogen (secondary N) is 1. The van der Waals surface area contributed by atoms with Crippen LogP contribution in [0.5, 0.6) is 0 Å². The minimum atomic E-state index is -0.286. The molecule has 6 nitrogen and oxygen atoms in total. The van der Waals surface area contributed by atoms with Crippen molar-refractivity contribution in [3.05, 3.63) is 36.2 Å². The van der Waals surface area contributed by atoms with Crippen molar-refractivity contribution in [2.75, 3.05) is 22.9 Å². The molecule has 6 heteroatoms. The fraction of sp³-hybridized carbons (Fsp3) is 0.450. The van der Waals surface area contributed by atoms with Crippen molar-refractivity contribution in [1.82, 2.24) is 15.3 Å². The molecule has 26 heavy (non-hydrogen) atoms. The molecule has 4 heterocycles. The number of fused-ring (bicyclic) bond motifs is 4. The van der Waals surface area contributed by atoms with Crippen LogP contribution < -0.4 is 15.1 Å². The first-order chi connectivity index (χ1) is 12.3. The van der Waals surface area contributed by atoms with Gasteiger partial charge in [-0.2, -0.15) is 0 Å². The van der Waals surface area contributed by atoms with E-state index in [0.717, 1.165) is 48.0 Å². The monoisotopic (exact) mass is 351 g/mol. The number of nitrogens with zero attached hydrogens (tertiary/aromatic N) is 4. The molecule has 0 radical (unpaired) electrons. The van der Waals surface area contributed by atoms with E-state index in [1.165, 1.54) is 0 Å². The van der Waals surface area contributed by atoms with Crippen LogP contribution >= 0.6 is 0 Å². The first-order valence-corrected chi connectivity index (χ1v) is 9.12. The highest BCUT2D eigenvalue weighted by Gasteiger charge is 2.40. The molecule has 0 aromatic carbocycles. The predicted octanol–water partition coefficient (Wildman–Crippen LogP) is 3.36. The number of amides is 2. The van der Waals surface area contributed by atoms with Crippen LogP contribution in [-0.2, 0) is 0 Å². The fourth-order valence-corrected chi connectivity index (χ4v) is 3.63. The molecule has 1 unspecified atom stereocenters. The Kier molecular flexibility index (Phi) is 3.86. The molecule has 2 aromatic heterocycles. The Labute approximate surface area is 154 Å². The molecular formula is C20H25N5O. The second kappa shape index (κ2) is 5.97. The van der Waals surface area contributed by atoms with Crippen molar-refractivity contribution < 1.29 is 4.79 Å². The van der Waals surface area contributed by atoms with E-state index >= 15 is 0 Å². The second-order valence-electron chi connectivity index (χ2n) is 8.17. The van der Waals surface area contributed by atoms with Gasteiger partial charge in [-0.15, -0.1) is 0 Å². The highest BCUT2D eigenvalue weighted by Crippen LogP contribution is 2.40. The Balaban J connectivity index is 1.76. The molecule has 1 atom stereocenters. The van der Waals surface area contributed by atoms with Crippen LogP contribution in [0.1, 0.15) is 32.9 Å². The van der Waals surface area contributed by atoms with Crippen LogP contribution in [0.3, 0.4) is 0 Å². The van der Waals surface area contributed by atoms with Crippen molar-refractivity contribution in [2.24, 2.45) is 0 Å². The Hall–Kier alpha value is -2.63. The van der Waals surface area contributed by atoms with Crippen molar-refractivity contribution in [1.29, 1.82) is 0 Å². The third-order valence-electron chi connectivity index (χ3n) is 4.86. The highest BCUT2D eigenvalue weighted by molar-refractivity contribution is 5.97. The summed E-state index contributed by atoms with van der Waals surface area (Å²) in [5, 5.41) is 3.10. The number of rotatable bonds is 1. The van der Waals surface area contributed by atoms with E-state index in [0.29, 0.717) is 0 Å². The average molecular weight is 351 g/mol. The summed E-state index contributed by atoms with van der Waals surface area (Å²) >= 11 is 0. The van der Waals surface area contributed by atoms with Crippen LogP contribution in [-0.4, -0.2) is 40.7 Å². The maximum Gasteiger partial charge on any atom is 0.323 e. The van der Waals surface area contributed by atoms with Gasteiger partial charge in [-0.1, -0.05) is 0 Å². The molecule has 1 fully saturated rings. The van der Waals surface area contributed by atoms with Crippen molar-refractivity contribution >= 4 is 17.5 Å². The van der Waals surface area contributed by atoms with Gasteiger partial charge in [0.15, 0.2) is 5.82 Å². The van der Waals surface area contributed by atoms with Gasteiger partial charge in [0.25, 0.3) is 0 Å². The number of pyridine rings is 2. The van der Waals surface area contributed by atoms with E-state index in [1.54, 1.807) is 0 Å². The maximum absolute atomic E-state index is 13.0. The first-order valence-electron chi connectivity index (χ1n) is 9.12. The van der Waals surface area contributed by atoms with Crippen LogP contribution in [0.25, 0.3) is 11.3 Å². The van der Waals surface area contributed by atoms with Gasteiger partial charge >= 0.3 is 6.03 Å². The standard InChI is InChI=1S/C20H25N5O/c1-13-5-6-14(11-21-13)16-7-8-17-18(22-16)25(15-9-10-24(17)12-15)19(26)23-20(2,3)4/h5-8,11,15H,9-10,12H2,1-4H3,(H,23,26). The van der Waals surface area contributed by atoms with Crippen LogP contribution in [0, 0.1) is 6.92 Å². The Morgan fingerprint density at radius 2 is 2.04 bits per heavy atom. The molecule has 136 valence electrons. The molecule has 2 bridgehead atoms. The summed E-state index contributed by atoms with van der Waals surface area (Å²) in [6.45, 7) is 9.80. The lowest BCUT2D eigenvalue weighted by Gasteiger charge is -2.37. The van der Waals surface area contributed by atoms with Gasteiger partial charge in [-0.05, 0) is 58.4 Å². The van der Waals surface area contributed by atoms with Gasteiger partial charge in [0.2, 0.25) is 0 Å². The number of aromatic nitrogens is 2. The summed E-state index contributed by atoms with van der Waals surface area (Å²) in [4.78, 5) is 26.4. The number of hydrogen-bond donors (Lipinski definition) is 1. The predicted molar refractivity (Wildman–Crippen MR) is 104 cm³/mol. The number of hydrogen-bond acceptors (Lipinski definition) is 4. The summed E-state index contributed by atoms with van der Waals surface area (Å²) in [5.41, 5.74) is 3.52. The number of carbonyl (C=O) groups excluding carboxylic acids is 1. The van der Waals surface area contributed by atoms with Crippen LogP contribution in [0.2, 0.25) is 0 Å². The minimum Gasteiger partial charge on any atom is -0.366 e. The lowest BCUT2D eigenvalue weighted by Crippen LogP contribution is -2.54. The van der Waals surface area contributed by atoms with Crippen molar-refractivity contribution in [2.45, 2.75) is 45.7 Å². The van der Waals surface area contributed by atoms with E-state index < -0.39 is 0 Å². The molecule has 2 aliphatic rings. The molecule has 0 saturated carbocycles. The minimum absolute atomic E-state index is 0.0722. The van der Waals surface area contributed by atoms with Crippen molar-refractivity contribution in [3.63, 3.8) is 0 Å². The zero-order valence-electron chi connectivity index (χ0n) is 15.8. The number of urea groups is 1. The molecule has 0 spiro atoms. The van der Waals surface area contributed by atoms with E-state index in [4.69, 9.17) is 4.98 Å². The molecule has 0 aliphatic carbocycles. The van der Waals surface area contributed by atoms with Crippen molar-refractivity contribution in [3.8, 4) is 11.3 Å². The van der Waals surface area contributed by atoms with E-state index in [1.807, 2.05) is 57.0 Å².